The van der Waals surface area contributed by atoms with Gasteiger partial charge >= 0.3 is 0 Å². The van der Waals surface area contributed by atoms with E-state index in [9.17, 15) is 4.79 Å². The van der Waals surface area contributed by atoms with Gasteiger partial charge in [-0.2, -0.15) is 0 Å². The first kappa shape index (κ1) is 17.9. The van der Waals surface area contributed by atoms with Crippen LogP contribution in [0.4, 0.5) is 0 Å². The van der Waals surface area contributed by atoms with Gasteiger partial charge < -0.3 is 14.2 Å². The highest BCUT2D eigenvalue weighted by atomic mass is 16.5. The maximum atomic E-state index is 12.7. The number of benzene rings is 1. The van der Waals surface area contributed by atoms with E-state index in [1.54, 1.807) is 45.6 Å². The van der Waals surface area contributed by atoms with Crippen molar-refractivity contribution in [3.63, 3.8) is 0 Å². The third kappa shape index (κ3) is 3.88. The van der Waals surface area contributed by atoms with Crippen molar-refractivity contribution in [2.75, 3.05) is 21.3 Å². The van der Waals surface area contributed by atoms with E-state index in [0.29, 0.717) is 17.1 Å². The van der Waals surface area contributed by atoms with Gasteiger partial charge in [0.15, 0.2) is 5.78 Å². The average Bonchev–Trinajstić information content (AvgIpc) is 2.64. The Labute approximate surface area is 143 Å². The molecule has 1 aromatic rings. The Balaban J connectivity index is 2.29. The highest BCUT2D eigenvalue weighted by molar-refractivity contribution is 6.08. The summed E-state index contributed by atoms with van der Waals surface area (Å²) in [5, 5.41) is 0. The van der Waals surface area contributed by atoms with Gasteiger partial charge in [0, 0.05) is 0 Å². The maximum absolute atomic E-state index is 12.7. The van der Waals surface area contributed by atoms with Crippen LogP contribution in [-0.2, 0) is 4.74 Å². The zero-order valence-corrected chi connectivity index (χ0v) is 14.7. The number of carbonyl (C=O) groups is 1. The van der Waals surface area contributed by atoms with Crippen LogP contribution < -0.4 is 9.47 Å². The van der Waals surface area contributed by atoms with Crippen molar-refractivity contribution in [3.8, 4) is 11.5 Å². The summed E-state index contributed by atoms with van der Waals surface area (Å²) in [6.07, 6.45) is 9.54. The van der Waals surface area contributed by atoms with Gasteiger partial charge in [-0.3, -0.25) is 4.79 Å². The largest absolute Gasteiger partial charge is 0.500 e. The summed E-state index contributed by atoms with van der Waals surface area (Å²) >= 11 is 0. The van der Waals surface area contributed by atoms with Crippen LogP contribution in [0.2, 0.25) is 0 Å². The van der Waals surface area contributed by atoms with Crippen molar-refractivity contribution in [1.29, 1.82) is 0 Å². The Bertz CT molecular complexity index is 661. The minimum atomic E-state index is -0.156. The van der Waals surface area contributed by atoms with Gasteiger partial charge in [0.25, 0.3) is 0 Å². The van der Waals surface area contributed by atoms with Gasteiger partial charge in [0.2, 0.25) is 0 Å². The molecule has 0 spiro atoms. The third-order valence-corrected chi connectivity index (χ3v) is 4.13. The first-order valence-corrected chi connectivity index (χ1v) is 8.01. The number of hydrogen-bond acceptors (Lipinski definition) is 4. The Morgan fingerprint density at radius 1 is 1.17 bits per heavy atom. The molecule has 1 aliphatic carbocycles. The topological polar surface area (TPSA) is 44.8 Å². The van der Waals surface area contributed by atoms with Crippen LogP contribution in [-0.4, -0.2) is 27.1 Å². The molecule has 4 nitrogen and oxygen atoms in total. The molecule has 1 aromatic carbocycles. The molecule has 0 radical (unpaired) electrons. The summed E-state index contributed by atoms with van der Waals surface area (Å²) < 4.78 is 16.0. The first-order chi connectivity index (χ1) is 11.6. The number of rotatable bonds is 7. The lowest BCUT2D eigenvalue weighted by Gasteiger charge is -2.19. The van der Waals surface area contributed by atoms with E-state index in [0.717, 1.165) is 18.6 Å². The molecule has 0 aromatic heterocycles. The Kier molecular flexibility index (Phi) is 6.24. The Morgan fingerprint density at radius 3 is 2.38 bits per heavy atom. The van der Waals surface area contributed by atoms with Crippen LogP contribution in [0.5, 0.6) is 11.5 Å². The third-order valence-electron chi connectivity index (χ3n) is 4.13. The van der Waals surface area contributed by atoms with E-state index < -0.39 is 0 Å². The standard InChI is InChI=1S/C20H24O4/c1-5-14-9-12-17(22-2)15(13-14)10-11-16(21)20-18(23-3)7-6-8-19(20)24-4/h6-8,10-13,15H,5,9H2,1-4H3/b11-10+. The van der Waals surface area contributed by atoms with Crippen LogP contribution in [0.1, 0.15) is 30.1 Å². The molecule has 0 saturated carbocycles. The molecule has 128 valence electrons. The number of allylic oxidation sites excluding steroid dienone is 4. The van der Waals surface area contributed by atoms with Crippen molar-refractivity contribution < 1.29 is 19.0 Å². The fourth-order valence-electron chi connectivity index (χ4n) is 2.77. The highest BCUT2D eigenvalue weighted by Crippen LogP contribution is 2.30. The van der Waals surface area contributed by atoms with Crippen LogP contribution in [0.15, 0.2) is 53.8 Å². The summed E-state index contributed by atoms with van der Waals surface area (Å²) in [5.74, 6) is 1.68. The summed E-state index contributed by atoms with van der Waals surface area (Å²) in [5.41, 5.74) is 1.77. The molecule has 0 fully saturated rings. The summed E-state index contributed by atoms with van der Waals surface area (Å²) in [6.45, 7) is 2.13. The molecule has 0 amide bonds. The number of ketones is 1. The lowest BCUT2D eigenvalue weighted by molar-refractivity contribution is 0.104. The minimum absolute atomic E-state index is 0.0247. The molecule has 2 rings (SSSR count). The van der Waals surface area contributed by atoms with E-state index in [4.69, 9.17) is 14.2 Å². The van der Waals surface area contributed by atoms with E-state index in [-0.39, 0.29) is 11.7 Å². The molecule has 0 aliphatic heterocycles. The summed E-state index contributed by atoms with van der Waals surface area (Å²) in [4.78, 5) is 12.7. The molecule has 0 N–H and O–H groups in total. The number of hydrogen-bond donors (Lipinski definition) is 0. The van der Waals surface area contributed by atoms with Crippen LogP contribution in [0.25, 0.3) is 0 Å². The normalized spacial score (nSPS) is 17.2. The number of carbonyl (C=O) groups excluding carboxylic acids is 1. The van der Waals surface area contributed by atoms with E-state index in [1.807, 2.05) is 6.08 Å². The fraction of sp³-hybridized carbons (Fsp3) is 0.350. The van der Waals surface area contributed by atoms with Gasteiger partial charge in [-0.15, -0.1) is 0 Å². The van der Waals surface area contributed by atoms with Gasteiger partial charge in [0.05, 0.1) is 27.2 Å². The molecule has 4 heteroatoms. The smallest absolute Gasteiger partial charge is 0.193 e. The predicted molar refractivity (Wildman–Crippen MR) is 94.6 cm³/mol. The second-order valence-electron chi connectivity index (χ2n) is 5.48. The van der Waals surface area contributed by atoms with Crippen molar-refractivity contribution in [1.82, 2.24) is 0 Å². The number of ether oxygens (including phenoxy) is 3. The highest BCUT2D eigenvalue weighted by Gasteiger charge is 2.18. The molecule has 0 heterocycles. The van der Waals surface area contributed by atoms with Crippen LogP contribution >= 0.6 is 0 Å². The van der Waals surface area contributed by atoms with Crippen molar-refractivity contribution >= 4 is 5.78 Å². The summed E-state index contributed by atoms with van der Waals surface area (Å²) in [6, 6.07) is 5.29. The zero-order valence-electron chi connectivity index (χ0n) is 14.7. The summed E-state index contributed by atoms with van der Waals surface area (Å²) in [7, 11) is 4.74. The maximum Gasteiger partial charge on any atom is 0.193 e. The van der Waals surface area contributed by atoms with E-state index >= 15 is 0 Å². The van der Waals surface area contributed by atoms with Gasteiger partial charge in [0.1, 0.15) is 22.8 Å². The van der Waals surface area contributed by atoms with Crippen molar-refractivity contribution in [2.45, 2.75) is 19.8 Å². The van der Waals surface area contributed by atoms with Gasteiger partial charge in [-0.1, -0.05) is 30.7 Å². The first-order valence-electron chi connectivity index (χ1n) is 8.01. The lowest BCUT2D eigenvalue weighted by Crippen LogP contribution is -2.08. The molecule has 0 saturated heterocycles. The van der Waals surface area contributed by atoms with E-state index in [1.165, 1.54) is 5.57 Å². The minimum Gasteiger partial charge on any atom is -0.500 e. The predicted octanol–water partition coefficient (Wildman–Crippen LogP) is 4.33. The quantitative estimate of drug-likeness (QED) is 0.424. The number of methoxy groups -OCH3 is 3. The molecular weight excluding hydrogens is 304 g/mol. The fourth-order valence-corrected chi connectivity index (χ4v) is 2.77. The zero-order chi connectivity index (χ0) is 17.5. The second-order valence-corrected chi connectivity index (χ2v) is 5.48. The lowest BCUT2D eigenvalue weighted by atomic mass is 9.93. The molecule has 1 aliphatic rings. The monoisotopic (exact) mass is 328 g/mol. The molecule has 1 unspecified atom stereocenters. The molecule has 24 heavy (non-hydrogen) atoms. The van der Waals surface area contributed by atoms with Crippen LogP contribution in [0, 0.1) is 5.92 Å². The molecule has 0 bridgehead atoms. The van der Waals surface area contributed by atoms with Gasteiger partial charge in [-0.25, -0.2) is 0 Å². The van der Waals surface area contributed by atoms with Gasteiger partial charge in [-0.05, 0) is 37.1 Å². The SMILES string of the molecule is CCC1=CC(/C=C/C(=O)c2c(OC)cccc2OC)C(OC)=CC1. The van der Waals surface area contributed by atoms with Crippen LogP contribution in [0.3, 0.4) is 0 Å². The average molecular weight is 328 g/mol. The van der Waals surface area contributed by atoms with Crippen molar-refractivity contribution in [3.05, 3.63) is 59.4 Å². The Hall–Kier alpha value is -2.49. The Morgan fingerprint density at radius 2 is 1.83 bits per heavy atom. The molecular formula is C20H24O4. The second kappa shape index (κ2) is 8.39. The van der Waals surface area contributed by atoms with Crippen molar-refractivity contribution in [2.24, 2.45) is 5.92 Å². The van der Waals surface area contributed by atoms with E-state index in [2.05, 4.69) is 19.1 Å². The molecule has 1 atom stereocenters.